The van der Waals surface area contributed by atoms with E-state index in [0.717, 1.165) is 6.42 Å². The van der Waals surface area contributed by atoms with E-state index >= 15 is 0 Å². The summed E-state index contributed by atoms with van der Waals surface area (Å²) in [6.07, 6.45) is 1.47. The lowest BCUT2D eigenvalue weighted by atomic mass is 10.3. The van der Waals surface area contributed by atoms with Crippen LogP contribution in [0.1, 0.15) is 36.6 Å². The van der Waals surface area contributed by atoms with E-state index in [1.165, 1.54) is 0 Å². The van der Waals surface area contributed by atoms with Gasteiger partial charge in [-0.1, -0.05) is 6.92 Å². The molecule has 78 valence electrons. The fourth-order valence-electron chi connectivity index (χ4n) is 1.03. The van der Waals surface area contributed by atoms with Gasteiger partial charge in [-0.15, -0.1) is 0 Å². The number of carboxylic acid groups (broad SMARTS) is 1. The van der Waals surface area contributed by atoms with E-state index < -0.39 is 5.97 Å². The Hall–Kier alpha value is -1.52. The van der Waals surface area contributed by atoms with Crippen molar-refractivity contribution in [3.8, 4) is 5.95 Å². The molecule has 0 unspecified atom stereocenters. The van der Waals surface area contributed by atoms with Gasteiger partial charge in [-0.25, -0.2) is 9.78 Å². The first kappa shape index (κ1) is 10.6. The Morgan fingerprint density at radius 3 is 2.79 bits per heavy atom. The zero-order chi connectivity index (χ0) is 10.6. The average molecular weight is 199 g/mol. The van der Waals surface area contributed by atoms with Gasteiger partial charge in [-0.05, 0) is 13.3 Å². The molecule has 1 aromatic heterocycles. The lowest BCUT2D eigenvalue weighted by Gasteiger charge is -1.96. The van der Waals surface area contributed by atoms with Crippen molar-refractivity contribution in [2.45, 2.75) is 26.7 Å². The summed E-state index contributed by atoms with van der Waals surface area (Å²) in [5.74, 6) is -0.712. The van der Waals surface area contributed by atoms with Gasteiger partial charge in [-0.2, -0.15) is 0 Å². The molecule has 0 aliphatic rings. The smallest absolute Gasteiger partial charge is 0.362 e. The average Bonchev–Trinajstić information content (AvgIpc) is 2.49. The number of carboxylic acids is 1. The SMILES string of the molecule is CCCc1nc(C(=O)O)c(OCC)o1. The number of aromatic carboxylic acids is 1. The Morgan fingerprint density at radius 1 is 1.57 bits per heavy atom. The minimum Gasteiger partial charge on any atom is -0.476 e. The normalized spacial score (nSPS) is 10.1. The van der Waals surface area contributed by atoms with Gasteiger partial charge in [0.1, 0.15) is 0 Å². The van der Waals surface area contributed by atoms with Crippen LogP contribution in [0.5, 0.6) is 5.95 Å². The molecule has 0 saturated heterocycles. The maximum absolute atomic E-state index is 10.7. The third-order valence-electron chi connectivity index (χ3n) is 1.58. The molecule has 0 amide bonds. The van der Waals surface area contributed by atoms with Crippen molar-refractivity contribution < 1.29 is 19.1 Å². The summed E-state index contributed by atoms with van der Waals surface area (Å²) in [7, 11) is 0. The standard InChI is InChI=1S/C9H13NO4/c1-3-5-6-10-7(8(11)12)9(14-6)13-4-2/h3-5H2,1-2H3,(H,11,12). The summed E-state index contributed by atoms with van der Waals surface area (Å²) in [5, 5.41) is 8.77. The van der Waals surface area contributed by atoms with E-state index in [2.05, 4.69) is 4.98 Å². The first-order valence-electron chi connectivity index (χ1n) is 4.54. The van der Waals surface area contributed by atoms with E-state index in [4.69, 9.17) is 14.3 Å². The molecule has 5 heteroatoms. The number of carbonyl (C=O) groups is 1. The van der Waals surface area contributed by atoms with Crippen LogP contribution in [0.3, 0.4) is 0 Å². The van der Waals surface area contributed by atoms with Crippen LogP contribution in [-0.2, 0) is 6.42 Å². The number of hydrogen-bond acceptors (Lipinski definition) is 4. The van der Waals surface area contributed by atoms with Crippen molar-refractivity contribution in [1.82, 2.24) is 4.98 Å². The van der Waals surface area contributed by atoms with E-state index in [1.807, 2.05) is 6.92 Å². The maximum Gasteiger partial charge on any atom is 0.362 e. The van der Waals surface area contributed by atoms with E-state index in [1.54, 1.807) is 6.92 Å². The Balaban J connectivity index is 2.93. The first-order valence-corrected chi connectivity index (χ1v) is 4.54. The minimum absolute atomic E-state index is 0.00319. The second-order valence-electron chi connectivity index (χ2n) is 2.73. The van der Waals surface area contributed by atoms with Crippen molar-refractivity contribution in [2.75, 3.05) is 6.61 Å². The number of nitrogens with zero attached hydrogens (tertiary/aromatic N) is 1. The quantitative estimate of drug-likeness (QED) is 0.781. The number of hydrogen-bond donors (Lipinski definition) is 1. The van der Waals surface area contributed by atoms with Gasteiger partial charge in [0.25, 0.3) is 0 Å². The molecule has 1 heterocycles. The van der Waals surface area contributed by atoms with Crippen LogP contribution in [0.15, 0.2) is 4.42 Å². The van der Waals surface area contributed by atoms with Gasteiger partial charge in [0.05, 0.1) is 6.61 Å². The molecule has 0 fully saturated rings. The van der Waals surface area contributed by atoms with Crippen molar-refractivity contribution in [1.29, 1.82) is 0 Å². The molecule has 1 aromatic rings. The predicted octanol–water partition coefficient (Wildman–Crippen LogP) is 1.72. The molecule has 14 heavy (non-hydrogen) atoms. The molecule has 0 aliphatic heterocycles. The van der Waals surface area contributed by atoms with E-state index in [9.17, 15) is 4.79 Å². The number of aromatic nitrogens is 1. The van der Waals surface area contributed by atoms with Crippen LogP contribution in [0.25, 0.3) is 0 Å². The Kier molecular flexibility index (Phi) is 3.50. The highest BCUT2D eigenvalue weighted by Gasteiger charge is 2.20. The van der Waals surface area contributed by atoms with E-state index in [-0.39, 0.29) is 11.6 Å². The lowest BCUT2D eigenvalue weighted by molar-refractivity contribution is 0.0683. The van der Waals surface area contributed by atoms with Crippen LogP contribution in [-0.4, -0.2) is 22.7 Å². The molecule has 1 rings (SSSR count). The number of aryl methyl sites for hydroxylation is 1. The van der Waals surface area contributed by atoms with Crippen molar-refractivity contribution in [2.24, 2.45) is 0 Å². The van der Waals surface area contributed by atoms with Gasteiger partial charge in [0.2, 0.25) is 5.69 Å². The van der Waals surface area contributed by atoms with Crippen LogP contribution in [0.2, 0.25) is 0 Å². The molecule has 1 N–H and O–H groups in total. The second-order valence-corrected chi connectivity index (χ2v) is 2.73. The summed E-state index contributed by atoms with van der Waals surface area (Å²) in [6.45, 7) is 4.08. The maximum atomic E-state index is 10.7. The molecule has 0 bridgehead atoms. The fraction of sp³-hybridized carbons (Fsp3) is 0.556. The van der Waals surface area contributed by atoms with Crippen LogP contribution < -0.4 is 4.74 Å². The molecular weight excluding hydrogens is 186 g/mol. The Morgan fingerprint density at radius 2 is 2.29 bits per heavy atom. The highest BCUT2D eigenvalue weighted by atomic mass is 16.6. The largest absolute Gasteiger partial charge is 0.476 e. The third-order valence-corrected chi connectivity index (χ3v) is 1.58. The summed E-state index contributed by atoms with van der Waals surface area (Å²) in [5.41, 5.74) is -0.143. The fourth-order valence-corrected chi connectivity index (χ4v) is 1.03. The molecule has 0 saturated carbocycles. The van der Waals surface area contributed by atoms with Gasteiger partial charge in [-0.3, -0.25) is 0 Å². The second kappa shape index (κ2) is 4.64. The van der Waals surface area contributed by atoms with Crippen LogP contribution in [0, 0.1) is 0 Å². The summed E-state index contributed by atoms with van der Waals surface area (Å²) < 4.78 is 10.2. The molecule has 0 aromatic carbocycles. The van der Waals surface area contributed by atoms with Crippen molar-refractivity contribution in [3.05, 3.63) is 11.6 Å². The van der Waals surface area contributed by atoms with Crippen molar-refractivity contribution in [3.63, 3.8) is 0 Å². The third kappa shape index (κ3) is 2.25. The van der Waals surface area contributed by atoms with E-state index in [0.29, 0.717) is 18.9 Å². The molecule has 0 spiro atoms. The van der Waals surface area contributed by atoms with Crippen LogP contribution >= 0.6 is 0 Å². The monoisotopic (exact) mass is 199 g/mol. The molecule has 5 nitrogen and oxygen atoms in total. The Labute approximate surface area is 81.7 Å². The molecular formula is C9H13NO4. The number of ether oxygens (including phenoxy) is 1. The molecule has 0 atom stereocenters. The van der Waals surface area contributed by atoms with Gasteiger partial charge >= 0.3 is 11.9 Å². The van der Waals surface area contributed by atoms with Gasteiger partial charge < -0.3 is 14.3 Å². The summed E-state index contributed by atoms with van der Waals surface area (Å²) in [4.78, 5) is 14.5. The highest BCUT2D eigenvalue weighted by Crippen LogP contribution is 2.20. The molecule has 0 radical (unpaired) electrons. The lowest BCUT2D eigenvalue weighted by Crippen LogP contribution is -2.01. The highest BCUT2D eigenvalue weighted by molar-refractivity contribution is 5.87. The first-order chi connectivity index (χ1) is 6.69. The topological polar surface area (TPSA) is 72.6 Å². The Bertz CT molecular complexity index is 319. The predicted molar refractivity (Wildman–Crippen MR) is 48.6 cm³/mol. The number of oxazole rings is 1. The van der Waals surface area contributed by atoms with Gasteiger partial charge in [0.15, 0.2) is 5.89 Å². The van der Waals surface area contributed by atoms with Crippen LogP contribution in [0.4, 0.5) is 0 Å². The minimum atomic E-state index is -1.13. The molecule has 0 aliphatic carbocycles. The summed E-state index contributed by atoms with van der Waals surface area (Å²) >= 11 is 0. The van der Waals surface area contributed by atoms with Gasteiger partial charge in [0, 0.05) is 6.42 Å². The zero-order valence-corrected chi connectivity index (χ0v) is 8.24. The number of rotatable bonds is 5. The summed E-state index contributed by atoms with van der Waals surface area (Å²) in [6, 6.07) is 0. The van der Waals surface area contributed by atoms with Crippen molar-refractivity contribution >= 4 is 5.97 Å². The zero-order valence-electron chi connectivity index (χ0n) is 8.24.